The molecule has 1 atom stereocenters. The molecule has 3 heteroatoms. The Morgan fingerprint density at radius 1 is 0.778 bits per heavy atom. The summed E-state index contributed by atoms with van der Waals surface area (Å²) in [6.07, 6.45) is 15.9. The van der Waals surface area contributed by atoms with Crippen LogP contribution in [0.2, 0.25) is 0 Å². The van der Waals surface area contributed by atoms with Crippen LogP contribution in [0, 0.1) is 0 Å². The summed E-state index contributed by atoms with van der Waals surface area (Å²) >= 11 is 0. The fourth-order valence-electron chi connectivity index (χ4n) is 3.32. The number of nitrogens with zero attached hydrogens (tertiary/aromatic N) is 2. The molecule has 1 aromatic heterocycles. The molecule has 2 nitrogen and oxygen atoms in total. The van der Waals surface area contributed by atoms with E-state index in [1.165, 1.54) is 49.7 Å². The van der Waals surface area contributed by atoms with Crippen LogP contribution in [0.1, 0.15) is 82.8 Å². The first kappa shape index (κ1) is 21.5. The van der Waals surface area contributed by atoms with Crippen LogP contribution in [0.4, 0.5) is 4.39 Å². The lowest BCUT2D eigenvalue weighted by molar-refractivity contribution is 0.331. The molecule has 1 unspecified atom stereocenters. The summed E-state index contributed by atoms with van der Waals surface area (Å²) in [7, 11) is 0. The molecule has 0 amide bonds. The molecule has 0 radical (unpaired) electrons. The first-order valence-electron chi connectivity index (χ1n) is 10.7. The second-order valence-corrected chi connectivity index (χ2v) is 7.66. The minimum atomic E-state index is -0.687. The van der Waals surface area contributed by atoms with E-state index in [1.54, 1.807) is 6.92 Å². The predicted octanol–water partition coefficient (Wildman–Crippen LogP) is 7.12. The summed E-state index contributed by atoms with van der Waals surface area (Å²) in [5, 5.41) is 0. The van der Waals surface area contributed by atoms with Crippen molar-refractivity contribution >= 4 is 0 Å². The average molecular weight is 371 g/mol. The van der Waals surface area contributed by atoms with E-state index in [0.717, 1.165) is 37.1 Å². The number of hydrogen-bond donors (Lipinski definition) is 0. The molecular formula is C24H35FN2. The molecule has 0 aliphatic rings. The topological polar surface area (TPSA) is 25.8 Å². The predicted molar refractivity (Wildman–Crippen MR) is 113 cm³/mol. The Morgan fingerprint density at radius 2 is 1.37 bits per heavy atom. The van der Waals surface area contributed by atoms with E-state index in [0.29, 0.717) is 6.42 Å². The number of aromatic nitrogens is 2. The van der Waals surface area contributed by atoms with Gasteiger partial charge < -0.3 is 0 Å². The zero-order valence-electron chi connectivity index (χ0n) is 17.1. The molecule has 148 valence electrons. The summed E-state index contributed by atoms with van der Waals surface area (Å²) in [6, 6.07) is 8.47. The van der Waals surface area contributed by atoms with Crippen LogP contribution >= 0.6 is 0 Å². The third kappa shape index (κ3) is 8.64. The van der Waals surface area contributed by atoms with Crippen molar-refractivity contribution in [3.8, 4) is 11.4 Å². The molecule has 2 rings (SSSR count). The molecule has 0 fully saturated rings. The number of rotatable bonds is 13. The van der Waals surface area contributed by atoms with E-state index in [4.69, 9.17) is 0 Å². The summed E-state index contributed by atoms with van der Waals surface area (Å²) in [6.45, 7) is 3.88. The number of alkyl halides is 1. The van der Waals surface area contributed by atoms with E-state index in [1.807, 2.05) is 12.4 Å². The zero-order valence-corrected chi connectivity index (χ0v) is 17.1. The van der Waals surface area contributed by atoms with E-state index < -0.39 is 6.17 Å². The van der Waals surface area contributed by atoms with Gasteiger partial charge in [0.15, 0.2) is 5.82 Å². The van der Waals surface area contributed by atoms with Gasteiger partial charge in [-0.3, -0.25) is 0 Å². The maximum atomic E-state index is 12.8. The second-order valence-electron chi connectivity index (χ2n) is 7.66. The molecule has 0 spiro atoms. The lowest BCUT2D eigenvalue weighted by atomic mass is 10.0. The highest BCUT2D eigenvalue weighted by Crippen LogP contribution is 2.18. The first-order valence-corrected chi connectivity index (χ1v) is 10.7. The molecule has 0 bridgehead atoms. The third-order valence-corrected chi connectivity index (χ3v) is 5.05. The molecule has 0 aliphatic heterocycles. The van der Waals surface area contributed by atoms with Crippen molar-refractivity contribution in [2.24, 2.45) is 0 Å². The van der Waals surface area contributed by atoms with Crippen molar-refractivity contribution in [3.05, 3.63) is 47.8 Å². The Morgan fingerprint density at radius 3 is 2.04 bits per heavy atom. The van der Waals surface area contributed by atoms with Crippen LogP contribution < -0.4 is 0 Å². The van der Waals surface area contributed by atoms with Crippen LogP contribution in [0.15, 0.2) is 36.7 Å². The Labute approximate surface area is 164 Å². The molecule has 27 heavy (non-hydrogen) atoms. The van der Waals surface area contributed by atoms with Crippen LogP contribution in [-0.2, 0) is 12.8 Å². The Hall–Kier alpha value is -1.77. The van der Waals surface area contributed by atoms with E-state index in [9.17, 15) is 4.39 Å². The van der Waals surface area contributed by atoms with Gasteiger partial charge in [-0.1, -0.05) is 69.7 Å². The Bertz CT molecular complexity index is 620. The number of halogens is 1. The highest BCUT2D eigenvalue weighted by Gasteiger charge is 2.03. The normalized spacial score (nSPS) is 12.3. The summed E-state index contributed by atoms with van der Waals surface area (Å²) in [4.78, 5) is 9.10. The Balaban J connectivity index is 1.75. The van der Waals surface area contributed by atoms with Gasteiger partial charge in [-0.25, -0.2) is 14.4 Å². The Kier molecular flexibility index (Phi) is 10.0. The fourth-order valence-corrected chi connectivity index (χ4v) is 3.32. The van der Waals surface area contributed by atoms with Gasteiger partial charge in [0.2, 0.25) is 0 Å². The molecule has 0 N–H and O–H groups in total. The number of unbranched alkanes of at least 4 members (excludes halogenated alkanes) is 6. The van der Waals surface area contributed by atoms with Crippen LogP contribution in [0.3, 0.4) is 0 Å². The molecule has 1 heterocycles. The lowest BCUT2D eigenvalue weighted by Crippen LogP contribution is -1.95. The van der Waals surface area contributed by atoms with Gasteiger partial charge in [0.1, 0.15) is 0 Å². The van der Waals surface area contributed by atoms with Crippen molar-refractivity contribution in [2.45, 2.75) is 90.6 Å². The molecule has 0 saturated heterocycles. The monoisotopic (exact) mass is 370 g/mol. The van der Waals surface area contributed by atoms with Gasteiger partial charge in [0.05, 0.1) is 6.17 Å². The smallest absolute Gasteiger partial charge is 0.159 e. The standard InChI is InChI=1S/C24H35FN2/c1-3-4-5-6-7-8-13-22-18-26-24(27-19-22)23-16-14-21(15-17-23)12-10-9-11-20(2)25/h14-20H,3-13H2,1-2H3. The van der Waals surface area contributed by atoms with Crippen molar-refractivity contribution in [1.29, 1.82) is 0 Å². The molecule has 1 aromatic carbocycles. The summed E-state index contributed by atoms with van der Waals surface area (Å²) < 4.78 is 12.8. The summed E-state index contributed by atoms with van der Waals surface area (Å²) in [5.74, 6) is 0.791. The molecule has 0 saturated carbocycles. The van der Waals surface area contributed by atoms with Gasteiger partial charge in [-0.15, -0.1) is 0 Å². The van der Waals surface area contributed by atoms with Crippen LogP contribution in [-0.4, -0.2) is 16.1 Å². The zero-order chi connectivity index (χ0) is 19.3. The van der Waals surface area contributed by atoms with Gasteiger partial charge in [-0.05, 0) is 50.2 Å². The molecule has 2 aromatic rings. The highest BCUT2D eigenvalue weighted by molar-refractivity contribution is 5.55. The second kappa shape index (κ2) is 12.6. The quantitative estimate of drug-likeness (QED) is 0.351. The lowest BCUT2D eigenvalue weighted by Gasteiger charge is -2.06. The van der Waals surface area contributed by atoms with Crippen molar-refractivity contribution < 1.29 is 4.39 Å². The third-order valence-electron chi connectivity index (χ3n) is 5.05. The maximum Gasteiger partial charge on any atom is 0.159 e. The SMILES string of the molecule is CCCCCCCCc1cnc(-c2ccc(CCCCC(C)F)cc2)nc1. The van der Waals surface area contributed by atoms with Crippen LogP contribution in [0.5, 0.6) is 0 Å². The minimum Gasteiger partial charge on any atom is -0.248 e. The fraction of sp³-hybridized carbons (Fsp3) is 0.583. The number of aryl methyl sites for hydroxylation is 2. The molecular weight excluding hydrogens is 335 g/mol. The van der Waals surface area contributed by atoms with Crippen molar-refractivity contribution in [1.82, 2.24) is 9.97 Å². The maximum absolute atomic E-state index is 12.8. The number of hydrogen-bond acceptors (Lipinski definition) is 2. The van der Waals surface area contributed by atoms with Crippen molar-refractivity contribution in [2.75, 3.05) is 0 Å². The van der Waals surface area contributed by atoms with E-state index in [2.05, 4.69) is 41.2 Å². The van der Waals surface area contributed by atoms with Gasteiger partial charge in [0, 0.05) is 18.0 Å². The van der Waals surface area contributed by atoms with Gasteiger partial charge in [0.25, 0.3) is 0 Å². The van der Waals surface area contributed by atoms with Gasteiger partial charge in [-0.2, -0.15) is 0 Å². The van der Waals surface area contributed by atoms with E-state index in [-0.39, 0.29) is 0 Å². The first-order chi connectivity index (χ1) is 13.2. The minimum absolute atomic E-state index is 0.664. The largest absolute Gasteiger partial charge is 0.248 e. The van der Waals surface area contributed by atoms with Gasteiger partial charge >= 0.3 is 0 Å². The average Bonchev–Trinajstić information content (AvgIpc) is 2.69. The summed E-state index contributed by atoms with van der Waals surface area (Å²) in [5.41, 5.74) is 3.58. The van der Waals surface area contributed by atoms with Crippen molar-refractivity contribution in [3.63, 3.8) is 0 Å². The van der Waals surface area contributed by atoms with E-state index >= 15 is 0 Å². The van der Waals surface area contributed by atoms with Crippen LogP contribution in [0.25, 0.3) is 11.4 Å². The highest BCUT2D eigenvalue weighted by atomic mass is 19.1. The molecule has 0 aliphatic carbocycles. The number of benzene rings is 1.